The molecule has 0 spiro atoms. The highest BCUT2D eigenvalue weighted by Gasteiger charge is 2.20. The summed E-state index contributed by atoms with van der Waals surface area (Å²) in [6.07, 6.45) is 0.836. The summed E-state index contributed by atoms with van der Waals surface area (Å²) in [5.41, 5.74) is 0.585. The van der Waals surface area contributed by atoms with E-state index in [0.717, 1.165) is 5.56 Å². The molecule has 0 aliphatic heterocycles. The van der Waals surface area contributed by atoms with E-state index < -0.39 is 11.6 Å². The third-order valence-corrected chi connectivity index (χ3v) is 2.31. The minimum absolute atomic E-state index is 0.367. The average Bonchev–Trinajstić information content (AvgIpc) is 2.27. The Hall–Kier alpha value is -1.84. The van der Waals surface area contributed by atoms with E-state index in [1.54, 1.807) is 13.3 Å². The van der Waals surface area contributed by atoms with Crippen LogP contribution in [0.3, 0.4) is 0 Å². The summed E-state index contributed by atoms with van der Waals surface area (Å²) in [5, 5.41) is 8.80. The van der Waals surface area contributed by atoms with Gasteiger partial charge in [0.15, 0.2) is 0 Å². The standard InChI is InChI=1S/C13H18N2O2/c1-13(2,10-15(3)12(16)17)14-9-11-7-5-4-6-8-11/h4-9H,10H2,1-3H3,(H,16,17). The van der Waals surface area contributed by atoms with Crippen LogP contribution in [0.15, 0.2) is 35.3 Å². The van der Waals surface area contributed by atoms with Crippen molar-refractivity contribution in [3.8, 4) is 0 Å². The second-order valence-electron chi connectivity index (χ2n) is 4.62. The second kappa shape index (κ2) is 5.48. The van der Waals surface area contributed by atoms with Gasteiger partial charge in [-0.05, 0) is 19.4 Å². The molecule has 92 valence electrons. The molecule has 0 unspecified atom stereocenters. The summed E-state index contributed by atoms with van der Waals surface area (Å²) in [6, 6.07) is 9.75. The first-order chi connectivity index (χ1) is 7.91. The minimum atomic E-state index is -0.937. The largest absolute Gasteiger partial charge is 0.465 e. The van der Waals surface area contributed by atoms with E-state index in [4.69, 9.17) is 5.11 Å². The van der Waals surface area contributed by atoms with Crippen LogP contribution >= 0.6 is 0 Å². The Bertz CT molecular complexity index is 399. The third-order valence-electron chi connectivity index (χ3n) is 2.31. The van der Waals surface area contributed by atoms with Gasteiger partial charge in [-0.1, -0.05) is 30.3 Å². The van der Waals surface area contributed by atoms with Gasteiger partial charge in [0.1, 0.15) is 0 Å². The first-order valence-electron chi connectivity index (χ1n) is 5.45. The fourth-order valence-corrected chi connectivity index (χ4v) is 1.48. The maximum atomic E-state index is 10.7. The van der Waals surface area contributed by atoms with Crippen molar-refractivity contribution in [1.29, 1.82) is 0 Å². The van der Waals surface area contributed by atoms with Gasteiger partial charge in [0.05, 0.1) is 5.54 Å². The van der Waals surface area contributed by atoms with Crippen LogP contribution in [-0.2, 0) is 0 Å². The van der Waals surface area contributed by atoms with E-state index in [1.807, 2.05) is 44.2 Å². The van der Waals surface area contributed by atoms with Gasteiger partial charge in [0.25, 0.3) is 0 Å². The number of amides is 1. The predicted molar refractivity (Wildman–Crippen MR) is 68.8 cm³/mol. The molecule has 0 saturated heterocycles. The summed E-state index contributed by atoms with van der Waals surface area (Å²) >= 11 is 0. The van der Waals surface area contributed by atoms with Crippen molar-refractivity contribution in [2.45, 2.75) is 19.4 Å². The number of likely N-dealkylation sites (N-methyl/N-ethyl adjacent to an activating group) is 1. The lowest BCUT2D eigenvalue weighted by Gasteiger charge is -2.24. The molecule has 4 nitrogen and oxygen atoms in total. The first-order valence-corrected chi connectivity index (χ1v) is 5.45. The quantitative estimate of drug-likeness (QED) is 0.814. The van der Waals surface area contributed by atoms with Gasteiger partial charge in [-0.15, -0.1) is 0 Å². The highest BCUT2D eigenvalue weighted by molar-refractivity contribution is 5.79. The monoisotopic (exact) mass is 234 g/mol. The fourth-order valence-electron chi connectivity index (χ4n) is 1.48. The Morgan fingerprint density at radius 1 is 1.41 bits per heavy atom. The number of carbonyl (C=O) groups is 1. The molecule has 0 fully saturated rings. The van der Waals surface area contributed by atoms with Crippen LogP contribution in [0, 0.1) is 0 Å². The predicted octanol–water partition coefficient (Wildman–Crippen LogP) is 2.49. The molecule has 1 amide bonds. The summed E-state index contributed by atoms with van der Waals surface area (Å²) in [5.74, 6) is 0. The molecule has 0 radical (unpaired) electrons. The molecule has 17 heavy (non-hydrogen) atoms. The number of aliphatic imine (C=N–C) groups is 1. The molecule has 0 atom stereocenters. The Morgan fingerprint density at radius 2 is 2.00 bits per heavy atom. The second-order valence-corrected chi connectivity index (χ2v) is 4.62. The molecule has 0 bridgehead atoms. The Balaban J connectivity index is 2.66. The van der Waals surface area contributed by atoms with E-state index in [-0.39, 0.29) is 0 Å². The maximum absolute atomic E-state index is 10.7. The van der Waals surface area contributed by atoms with Crippen molar-refractivity contribution in [2.75, 3.05) is 13.6 Å². The number of rotatable bonds is 4. The van der Waals surface area contributed by atoms with Crippen LogP contribution in [-0.4, -0.2) is 41.4 Å². The normalized spacial score (nSPS) is 11.7. The summed E-state index contributed by atoms with van der Waals surface area (Å²) in [7, 11) is 1.54. The van der Waals surface area contributed by atoms with Crippen molar-refractivity contribution >= 4 is 12.3 Å². The highest BCUT2D eigenvalue weighted by Crippen LogP contribution is 2.11. The van der Waals surface area contributed by atoms with E-state index in [9.17, 15) is 4.79 Å². The molecule has 1 aromatic rings. The summed E-state index contributed by atoms with van der Waals surface area (Å²) in [4.78, 5) is 16.4. The zero-order valence-electron chi connectivity index (χ0n) is 10.4. The SMILES string of the molecule is CN(CC(C)(C)N=Cc1ccccc1)C(=O)O. The number of nitrogens with zero attached hydrogens (tertiary/aromatic N) is 2. The highest BCUT2D eigenvalue weighted by atomic mass is 16.4. The van der Waals surface area contributed by atoms with Gasteiger partial charge in [-0.3, -0.25) is 4.99 Å². The summed E-state index contributed by atoms with van der Waals surface area (Å²) < 4.78 is 0. The Kier molecular flexibility index (Phi) is 4.26. The minimum Gasteiger partial charge on any atom is -0.465 e. The molecule has 0 saturated carbocycles. The van der Waals surface area contributed by atoms with Gasteiger partial charge in [-0.2, -0.15) is 0 Å². The average molecular weight is 234 g/mol. The molecule has 0 aromatic heterocycles. The molecular weight excluding hydrogens is 216 g/mol. The molecule has 0 aliphatic rings. The van der Waals surface area contributed by atoms with Crippen LogP contribution in [0.5, 0.6) is 0 Å². The van der Waals surface area contributed by atoms with E-state index in [0.29, 0.717) is 6.54 Å². The van der Waals surface area contributed by atoms with Crippen LogP contribution in [0.1, 0.15) is 19.4 Å². The van der Waals surface area contributed by atoms with Crippen molar-refractivity contribution < 1.29 is 9.90 Å². The Labute approximate surface area is 102 Å². The van der Waals surface area contributed by atoms with Gasteiger partial charge in [0.2, 0.25) is 0 Å². The molecule has 0 heterocycles. The van der Waals surface area contributed by atoms with Crippen LogP contribution in [0.2, 0.25) is 0 Å². The topological polar surface area (TPSA) is 52.9 Å². The third kappa shape index (κ3) is 4.68. The lowest BCUT2D eigenvalue weighted by molar-refractivity contribution is 0.148. The van der Waals surface area contributed by atoms with E-state index in [2.05, 4.69) is 4.99 Å². The lowest BCUT2D eigenvalue weighted by Crippen LogP contribution is -2.38. The molecule has 1 N–H and O–H groups in total. The van der Waals surface area contributed by atoms with E-state index >= 15 is 0 Å². The molecule has 1 aromatic carbocycles. The molecule has 0 aliphatic carbocycles. The number of benzene rings is 1. The first kappa shape index (κ1) is 13.2. The van der Waals surface area contributed by atoms with Crippen LogP contribution in [0.4, 0.5) is 4.79 Å². The van der Waals surface area contributed by atoms with Gasteiger partial charge in [0, 0.05) is 19.8 Å². The zero-order chi connectivity index (χ0) is 12.9. The van der Waals surface area contributed by atoms with Gasteiger partial charge in [-0.25, -0.2) is 4.79 Å². The molecule has 4 heteroatoms. The number of hydrogen-bond acceptors (Lipinski definition) is 2. The number of hydrogen-bond donors (Lipinski definition) is 1. The van der Waals surface area contributed by atoms with Crippen molar-refractivity contribution in [1.82, 2.24) is 4.90 Å². The van der Waals surface area contributed by atoms with Crippen LogP contribution in [0.25, 0.3) is 0 Å². The van der Waals surface area contributed by atoms with Crippen molar-refractivity contribution in [3.05, 3.63) is 35.9 Å². The van der Waals surface area contributed by atoms with Crippen molar-refractivity contribution in [2.24, 2.45) is 4.99 Å². The number of carboxylic acid groups (broad SMARTS) is 1. The Morgan fingerprint density at radius 3 is 2.53 bits per heavy atom. The molecular formula is C13H18N2O2. The lowest BCUT2D eigenvalue weighted by atomic mass is 10.1. The van der Waals surface area contributed by atoms with Gasteiger partial charge < -0.3 is 10.0 Å². The van der Waals surface area contributed by atoms with E-state index in [1.165, 1.54) is 4.90 Å². The summed E-state index contributed by atoms with van der Waals surface area (Å²) in [6.45, 7) is 4.18. The zero-order valence-corrected chi connectivity index (χ0v) is 10.4. The fraction of sp³-hybridized carbons (Fsp3) is 0.385. The van der Waals surface area contributed by atoms with Gasteiger partial charge >= 0.3 is 6.09 Å². The maximum Gasteiger partial charge on any atom is 0.407 e. The van der Waals surface area contributed by atoms with Crippen molar-refractivity contribution in [3.63, 3.8) is 0 Å². The van der Waals surface area contributed by atoms with Crippen LogP contribution < -0.4 is 0 Å². The smallest absolute Gasteiger partial charge is 0.407 e. The molecule has 1 rings (SSSR count).